The van der Waals surface area contributed by atoms with Gasteiger partial charge in [0.25, 0.3) is 0 Å². The minimum absolute atomic E-state index is 0. The summed E-state index contributed by atoms with van der Waals surface area (Å²) in [5, 5.41) is 9.66. The highest BCUT2D eigenvalue weighted by atomic mass is 16.5. The van der Waals surface area contributed by atoms with Gasteiger partial charge in [-0.25, -0.2) is 4.98 Å². The number of aromatic amines is 1. The third kappa shape index (κ3) is 4.94. The van der Waals surface area contributed by atoms with Crippen molar-refractivity contribution in [1.82, 2.24) is 20.3 Å². The van der Waals surface area contributed by atoms with Gasteiger partial charge in [0, 0.05) is 55.2 Å². The standard InChI is InChI=1S/C26H32N6O.CH4/c1-32(2)25-21-6-4-5-7-24(21)30-26(31-25)29-19-10-8-18(9-11-19)27-15-17-16-28-23-13-12-20(33-3)14-22(17)23;/h4-7,12-14,16,18-19,27-28H,8-11,15H2,1-3H3,(H,29,30,31);1H4. The van der Waals surface area contributed by atoms with Crippen LogP contribution in [0.2, 0.25) is 0 Å². The average Bonchev–Trinajstić information content (AvgIpc) is 3.25. The zero-order valence-electron chi connectivity index (χ0n) is 19.6. The van der Waals surface area contributed by atoms with Crippen LogP contribution in [-0.2, 0) is 6.54 Å². The lowest BCUT2D eigenvalue weighted by Gasteiger charge is -2.30. The van der Waals surface area contributed by atoms with Gasteiger partial charge in [-0.15, -0.1) is 0 Å². The number of anilines is 2. The van der Waals surface area contributed by atoms with Crippen LogP contribution in [0.4, 0.5) is 11.8 Å². The fourth-order valence-corrected chi connectivity index (χ4v) is 4.77. The number of H-pyrrole nitrogens is 1. The zero-order chi connectivity index (χ0) is 22.8. The monoisotopic (exact) mass is 460 g/mol. The van der Waals surface area contributed by atoms with Crippen molar-refractivity contribution in [2.45, 2.75) is 51.7 Å². The normalized spacial score (nSPS) is 18.0. The Balaban J connectivity index is 0.00000274. The molecule has 7 heteroatoms. The summed E-state index contributed by atoms with van der Waals surface area (Å²) in [6.07, 6.45) is 6.58. The van der Waals surface area contributed by atoms with Crippen LogP contribution in [0.15, 0.2) is 48.7 Å². The first-order valence-electron chi connectivity index (χ1n) is 11.7. The molecule has 0 amide bonds. The van der Waals surface area contributed by atoms with E-state index in [1.54, 1.807) is 7.11 Å². The van der Waals surface area contributed by atoms with Crippen molar-refractivity contribution in [2.24, 2.45) is 0 Å². The van der Waals surface area contributed by atoms with Crippen LogP contribution in [-0.4, -0.2) is 48.2 Å². The lowest BCUT2D eigenvalue weighted by molar-refractivity contribution is 0.352. The van der Waals surface area contributed by atoms with Crippen LogP contribution < -0.4 is 20.3 Å². The second-order valence-corrected chi connectivity index (χ2v) is 9.08. The van der Waals surface area contributed by atoms with Crippen LogP contribution in [0.1, 0.15) is 38.7 Å². The molecule has 1 fully saturated rings. The fourth-order valence-electron chi connectivity index (χ4n) is 4.77. The highest BCUT2D eigenvalue weighted by molar-refractivity contribution is 5.90. The van der Waals surface area contributed by atoms with Crippen molar-refractivity contribution in [3.05, 3.63) is 54.2 Å². The summed E-state index contributed by atoms with van der Waals surface area (Å²) in [4.78, 5) is 15.0. The number of fused-ring (bicyclic) bond motifs is 2. The molecule has 3 N–H and O–H groups in total. The number of methoxy groups -OCH3 is 1. The highest BCUT2D eigenvalue weighted by Crippen LogP contribution is 2.27. The van der Waals surface area contributed by atoms with Gasteiger partial charge < -0.3 is 25.3 Å². The molecule has 0 aliphatic heterocycles. The highest BCUT2D eigenvalue weighted by Gasteiger charge is 2.22. The SMILES string of the molecule is C.COc1ccc2[nH]cc(CNC3CCC(Nc4nc(N(C)C)c5ccccc5n4)CC3)c2c1. The van der Waals surface area contributed by atoms with Gasteiger partial charge in [0.1, 0.15) is 11.6 Å². The maximum atomic E-state index is 5.39. The third-order valence-corrected chi connectivity index (χ3v) is 6.62. The van der Waals surface area contributed by atoms with Gasteiger partial charge in [0.05, 0.1) is 12.6 Å². The number of nitrogens with zero attached hydrogens (tertiary/aromatic N) is 3. The number of hydrogen-bond donors (Lipinski definition) is 3. The molecule has 1 saturated carbocycles. The minimum atomic E-state index is 0. The largest absolute Gasteiger partial charge is 0.497 e. The predicted molar refractivity (Wildman–Crippen MR) is 142 cm³/mol. The molecule has 34 heavy (non-hydrogen) atoms. The van der Waals surface area contributed by atoms with Gasteiger partial charge in [0.15, 0.2) is 0 Å². The average molecular weight is 461 g/mol. The molecule has 0 saturated heterocycles. The lowest BCUT2D eigenvalue weighted by atomic mass is 9.91. The Morgan fingerprint density at radius 1 is 1.00 bits per heavy atom. The van der Waals surface area contributed by atoms with Crippen LogP contribution >= 0.6 is 0 Å². The summed E-state index contributed by atoms with van der Waals surface area (Å²) < 4.78 is 5.39. The molecule has 0 unspecified atom stereocenters. The van der Waals surface area contributed by atoms with E-state index in [0.29, 0.717) is 12.1 Å². The number of nitrogens with one attached hydrogen (secondary N) is 3. The van der Waals surface area contributed by atoms with E-state index in [1.807, 2.05) is 32.3 Å². The minimum Gasteiger partial charge on any atom is -0.497 e. The summed E-state index contributed by atoms with van der Waals surface area (Å²) in [5.41, 5.74) is 3.40. The van der Waals surface area contributed by atoms with E-state index < -0.39 is 0 Å². The summed E-state index contributed by atoms with van der Waals surface area (Å²) in [7, 11) is 5.76. The van der Waals surface area contributed by atoms with Crippen LogP contribution in [0.5, 0.6) is 5.75 Å². The summed E-state index contributed by atoms with van der Waals surface area (Å²) in [5.74, 6) is 2.57. The van der Waals surface area contributed by atoms with Crippen molar-refractivity contribution in [3.8, 4) is 5.75 Å². The van der Waals surface area contributed by atoms with Gasteiger partial charge in [-0.2, -0.15) is 4.98 Å². The Kier molecular flexibility index (Phi) is 7.22. The number of aromatic nitrogens is 3. The van der Waals surface area contributed by atoms with Crippen LogP contribution in [0.3, 0.4) is 0 Å². The van der Waals surface area contributed by atoms with Crippen molar-refractivity contribution in [2.75, 3.05) is 31.4 Å². The van der Waals surface area contributed by atoms with Gasteiger partial charge in [-0.05, 0) is 61.6 Å². The first-order chi connectivity index (χ1) is 16.1. The quantitative estimate of drug-likeness (QED) is 0.346. The molecule has 0 spiro atoms. The summed E-state index contributed by atoms with van der Waals surface area (Å²) >= 11 is 0. The first kappa shape index (κ1) is 23.8. The number of para-hydroxylation sites is 1. The van der Waals surface area contributed by atoms with E-state index in [-0.39, 0.29) is 7.43 Å². The van der Waals surface area contributed by atoms with Crippen LogP contribution in [0.25, 0.3) is 21.8 Å². The molecule has 1 aliphatic rings. The second-order valence-electron chi connectivity index (χ2n) is 9.08. The molecule has 180 valence electrons. The molecular weight excluding hydrogens is 424 g/mol. The van der Waals surface area contributed by atoms with E-state index >= 15 is 0 Å². The summed E-state index contributed by atoms with van der Waals surface area (Å²) in [6.45, 7) is 0.857. The van der Waals surface area contributed by atoms with E-state index in [1.165, 1.54) is 10.9 Å². The number of hydrogen-bond acceptors (Lipinski definition) is 6. The van der Waals surface area contributed by atoms with E-state index in [4.69, 9.17) is 14.7 Å². The molecule has 1 aliphatic carbocycles. The van der Waals surface area contributed by atoms with Gasteiger partial charge in [-0.3, -0.25) is 0 Å². The van der Waals surface area contributed by atoms with Crippen LogP contribution in [0, 0.1) is 0 Å². The topological polar surface area (TPSA) is 78.1 Å². The van der Waals surface area contributed by atoms with Crippen molar-refractivity contribution in [3.63, 3.8) is 0 Å². The molecule has 2 heterocycles. The summed E-state index contributed by atoms with van der Waals surface area (Å²) in [6, 6.07) is 15.3. The van der Waals surface area contributed by atoms with E-state index in [9.17, 15) is 0 Å². The molecule has 5 rings (SSSR count). The first-order valence-corrected chi connectivity index (χ1v) is 11.7. The smallest absolute Gasteiger partial charge is 0.225 e. The van der Waals surface area contributed by atoms with Crippen molar-refractivity contribution >= 4 is 33.6 Å². The maximum Gasteiger partial charge on any atom is 0.225 e. The zero-order valence-corrected chi connectivity index (χ0v) is 19.6. The molecule has 0 radical (unpaired) electrons. The van der Waals surface area contributed by atoms with Crippen molar-refractivity contribution < 1.29 is 4.74 Å². The Morgan fingerprint density at radius 2 is 1.76 bits per heavy atom. The molecule has 7 nitrogen and oxygen atoms in total. The number of benzene rings is 2. The van der Waals surface area contributed by atoms with Gasteiger partial charge in [-0.1, -0.05) is 19.6 Å². The predicted octanol–water partition coefficient (Wildman–Crippen LogP) is 5.33. The van der Waals surface area contributed by atoms with Gasteiger partial charge >= 0.3 is 0 Å². The number of rotatable bonds is 7. The van der Waals surface area contributed by atoms with Gasteiger partial charge in [0.2, 0.25) is 5.95 Å². The lowest BCUT2D eigenvalue weighted by Crippen LogP contribution is -2.36. The van der Waals surface area contributed by atoms with E-state index in [0.717, 1.165) is 66.2 Å². The Morgan fingerprint density at radius 3 is 2.53 bits per heavy atom. The fraction of sp³-hybridized carbons (Fsp3) is 0.407. The molecular formula is C27H36N6O. The number of ether oxygens (including phenoxy) is 1. The Hall–Kier alpha value is -3.32. The van der Waals surface area contributed by atoms with Crippen molar-refractivity contribution in [1.29, 1.82) is 0 Å². The second kappa shape index (κ2) is 10.3. The molecule has 0 atom stereocenters. The molecule has 2 aromatic carbocycles. The Bertz CT molecular complexity index is 1240. The van der Waals surface area contributed by atoms with E-state index in [2.05, 4.69) is 51.0 Å². The third-order valence-electron chi connectivity index (χ3n) is 6.62. The maximum absolute atomic E-state index is 5.39. The Labute approximate surface area is 201 Å². The molecule has 0 bridgehead atoms. The molecule has 4 aromatic rings. The molecule has 2 aromatic heterocycles.